The summed E-state index contributed by atoms with van der Waals surface area (Å²) in [5.41, 5.74) is -0.668. The fraction of sp³-hybridized carbons (Fsp3) is 0.739. The van der Waals surface area contributed by atoms with Gasteiger partial charge in [0, 0.05) is 36.2 Å². The molecule has 1 aromatic heterocycles. The summed E-state index contributed by atoms with van der Waals surface area (Å²) in [4.78, 5) is 35.8. The zero-order valence-corrected chi connectivity index (χ0v) is 22.3. The van der Waals surface area contributed by atoms with Crippen LogP contribution in [-0.2, 0) is 18.8 Å². The van der Waals surface area contributed by atoms with E-state index in [0.717, 1.165) is 18.3 Å². The molecule has 0 spiro atoms. The molecule has 2 aliphatic heterocycles. The van der Waals surface area contributed by atoms with Crippen molar-refractivity contribution >= 4 is 36.3 Å². The number of likely N-dealkylation sites (tertiary alicyclic amines) is 1. The Morgan fingerprint density at radius 2 is 1.82 bits per heavy atom. The third-order valence-corrected chi connectivity index (χ3v) is 7.36. The van der Waals surface area contributed by atoms with Gasteiger partial charge >= 0.3 is 13.2 Å². The van der Waals surface area contributed by atoms with Crippen molar-refractivity contribution in [2.24, 2.45) is 0 Å². The lowest BCUT2D eigenvalue weighted by Gasteiger charge is -2.32. The molecule has 1 N–H and O–H groups in total. The fourth-order valence-corrected chi connectivity index (χ4v) is 4.71. The number of rotatable bonds is 6. The van der Waals surface area contributed by atoms with Crippen LogP contribution in [0.15, 0.2) is 17.6 Å². The van der Waals surface area contributed by atoms with Gasteiger partial charge in [-0.1, -0.05) is 11.8 Å². The highest BCUT2D eigenvalue weighted by molar-refractivity contribution is 7.99. The molecular formula is C23H37BN4O5S. The largest absolute Gasteiger partial charge is 0.498 e. The minimum atomic E-state index is -0.657. The van der Waals surface area contributed by atoms with Crippen molar-refractivity contribution in [2.75, 3.05) is 12.3 Å². The lowest BCUT2D eigenvalue weighted by atomic mass is 9.81. The molecule has 3 rings (SSSR count). The highest BCUT2D eigenvalue weighted by Gasteiger charge is 2.52. The number of amides is 2. The lowest BCUT2D eigenvalue weighted by molar-refractivity contribution is -0.133. The van der Waals surface area contributed by atoms with Crippen molar-refractivity contribution in [3.8, 4) is 0 Å². The number of nitrogens with zero attached hydrogens (tertiary/aromatic N) is 3. The second-order valence-corrected chi connectivity index (χ2v) is 11.9. The van der Waals surface area contributed by atoms with E-state index in [1.165, 1.54) is 11.8 Å². The van der Waals surface area contributed by atoms with Crippen LogP contribution in [0.5, 0.6) is 0 Å². The van der Waals surface area contributed by atoms with E-state index in [0.29, 0.717) is 17.5 Å². The number of aromatic nitrogens is 2. The predicted molar refractivity (Wildman–Crippen MR) is 132 cm³/mol. The van der Waals surface area contributed by atoms with Gasteiger partial charge in [0.25, 0.3) is 0 Å². The predicted octanol–water partition coefficient (Wildman–Crippen LogP) is 2.77. The van der Waals surface area contributed by atoms with Gasteiger partial charge in [0.15, 0.2) is 5.16 Å². The van der Waals surface area contributed by atoms with Crippen LogP contribution in [0.4, 0.5) is 4.79 Å². The SMILES string of the molecule is C[C@H](NC(=O)OC(C)(C)C)C(=O)N1CCC[C@H]1CSc1ncc(B2OC(C)(C)C(C)(C)O2)cn1. The maximum absolute atomic E-state index is 13.0. The molecule has 0 radical (unpaired) electrons. The van der Waals surface area contributed by atoms with Crippen LogP contribution in [0, 0.1) is 0 Å². The first-order valence-corrected chi connectivity index (χ1v) is 12.8. The van der Waals surface area contributed by atoms with Crippen LogP contribution in [-0.4, -0.2) is 75.2 Å². The van der Waals surface area contributed by atoms with E-state index in [1.54, 1.807) is 40.1 Å². The highest BCUT2D eigenvalue weighted by Crippen LogP contribution is 2.36. The zero-order valence-electron chi connectivity index (χ0n) is 21.5. The van der Waals surface area contributed by atoms with Gasteiger partial charge in [0.05, 0.1) is 11.2 Å². The summed E-state index contributed by atoms with van der Waals surface area (Å²) in [6.07, 6.45) is 4.72. The molecule has 2 aliphatic rings. The Bertz CT molecular complexity index is 874. The number of carbonyl (C=O) groups is 2. The lowest BCUT2D eigenvalue weighted by Crippen LogP contribution is -2.50. The smallest absolute Gasteiger partial charge is 0.444 e. The van der Waals surface area contributed by atoms with Gasteiger partial charge in [-0.2, -0.15) is 0 Å². The Hall–Kier alpha value is -1.85. The number of hydrogen-bond acceptors (Lipinski definition) is 8. The Morgan fingerprint density at radius 3 is 2.38 bits per heavy atom. The molecule has 2 fully saturated rings. The van der Waals surface area contributed by atoms with Crippen LogP contribution in [0.3, 0.4) is 0 Å². The third-order valence-electron chi connectivity index (χ3n) is 6.34. The van der Waals surface area contributed by atoms with E-state index in [9.17, 15) is 9.59 Å². The molecular weight excluding hydrogens is 455 g/mol. The molecule has 0 bridgehead atoms. The molecule has 188 valence electrons. The molecule has 0 saturated carbocycles. The molecule has 0 unspecified atom stereocenters. The monoisotopic (exact) mass is 492 g/mol. The van der Waals surface area contributed by atoms with E-state index < -0.39 is 36.1 Å². The molecule has 34 heavy (non-hydrogen) atoms. The minimum Gasteiger partial charge on any atom is -0.444 e. The van der Waals surface area contributed by atoms with Gasteiger partial charge in [0.2, 0.25) is 5.91 Å². The second-order valence-electron chi connectivity index (χ2n) is 10.9. The van der Waals surface area contributed by atoms with Crippen molar-refractivity contribution < 1.29 is 23.6 Å². The van der Waals surface area contributed by atoms with Crippen molar-refractivity contribution in [1.82, 2.24) is 20.2 Å². The Kier molecular flexibility index (Phi) is 7.89. The average Bonchev–Trinajstić information content (AvgIpc) is 3.26. The molecule has 9 nitrogen and oxygen atoms in total. The molecule has 11 heteroatoms. The van der Waals surface area contributed by atoms with Crippen LogP contribution in [0.2, 0.25) is 0 Å². The summed E-state index contributed by atoms with van der Waals surface area (Å²) >= 11 is 1.51. The van der Waals surface area contributed by atoms with E-state index in [1.807, 2.05) is 32.6 Å². The number of hydrogen-bond donors (Lipinski definition) is 1. The molecule has 1 aromatic rings. The summed E-state index contributed by atoms with van der Waals surface area (Å²) in [5.74, 6) is 0.576. The Labute approximate surface area is 207 Å². The van der Waals surface area contributed by atoms with Crippen LogP contribution >= 0.6 is 11.8 Å². The quantitative estimate of drug-likeness (QED) is 0.368. The second kappa shape index (κ2) is 10.0. The fourth-order valence-electron chi connectivity index (χ4n) is 3.77. The van der Waals surface area contributed by atoms with Crippen molar-refractivity contribution in [3.63, 3.8) is 0 Å². The van der Waals surface area contributed by atoms with Gasteiger partial charge in [-0.15, -0.1) is 0 Å². The summed E-state index contributed by atoms with van der Waals surface area (Å²) < 4.78 is 17.4. The molecule has 0 aromatic carbocycles. The van der Waals surface area contributed by atoms with Crippen LogP contribution < -0.4 is 10.8 Å². The van der Waals surface area contributed by atoms with E-state index >= 15 is 0 Å². The van der Waals surface area contributed by atoms with Gasteiger partial charge in [-0.25, -0.2) is 14.8 Å². The first-order chi connectivity index (χ1) is 15.7. The Morgan fingerprint density at radius 1 is 1.24 bits per heavy atom. The van der Waals surface area contributed by atoms with Gasteiger partial charge in [-0.05, 0) is 68.2 Å². The zero-order chi connectivity index (χ0) is 25.3. The maximum Gasteiger partial charge on any atom is 0.498 e. The summed E-state index contributed by atoms with van der Waals surface area (Å²) in [6.45, 7) is 15.8. The summed E-state index contributed by atoms with van der Waals surface area (Å²) in [6, 6.07) is -0.595. The third kappa shape index (κ3) is 6.43. The molecule has 2 atom stereocenters. The van der Waals surface area contributed by atoms with Gasteiger partial charge < -0.3 is 24.3 Å². The van der Waals surface area contributed by atoms with Crippen LogP contribution in [0.25, 0.3) is 0 Å². The number of thioether (sulfide) groups is 1. The maximum atomic E-state index is 13.0. The number of carbonyl (C=O) groups excluding carboxylic acids is 2. The molecule has 0 aliphatic carbocycles. The van der Waals surface area contributed by atoms with E-state index in [-0.39, 0.29) is 11.9 Å². The van der Waals surface area contributed by atoms with Crippen molar-refractivity contribution in [1.29, 1.82) is 0 Å². The van der Waals surface area contributed by atoms with Crippen molar-refractivity contribution in [3.05, 3.63) is 12.4 Å². The van der Waals surface area contributed by atoms with E-state index in [2.05, 4.69) is 15.3 Å². The molecule has 2 amide bonds. The standard InChI is InChI=1S/C23H37BN4O5S/c1-15(27-20(30)31-21(2,3)4)18(29)28-11-9-10-17(28)14-34-19-25-12-16(13-26-19)24-32-22(5,6)23(7,8)33-24/h12-13,15,17H,9-11,14H2,1-8H3,(H,27,30)/t15-,17-/m0/s1. The summed E-state index contributed by atoms with van der Waals surface area (Å²) in [5, 5.41) is 3.28. The van der Waals surface area contributed by atoms with E-state index in [4.69, 9.17) is 14.0 Å². The van der Waals surface area contributed by atoms with Gasteiger partial charge in [-0.3, -0.25) is 4.79 Å². The number of alkyl carbamates (subject to hydrolysis) is 1. The topological polar surface area (TPSA) is 103 Å². The first kappa shape index (κ1) is 26.8. The minimum absolute atomic E-state index is 0.0618. The van der Waals surface area contributed by atoms with Gasteiger partial charge in [0.1, 0.15) is 11.6 Å². The Balaban J connectivity index is 1.53. The number of nitrogens with one attached hydrogen (secondary N) is 1. The average molecular weight is 492 g/mol. The molecule has 3 heterocycles. The number of ether oxygens (including phenoxy) is 1. The summed E-state index contributed by atoms with van der Waals surface area (Å²) in [7, 11) is -0.494. The highest BCUT2D eigenvalue weighted by atomic mass is 32.2. The molecule has 2 saturated heterocycles. The van der Waals surface area contributed by atoms with Crippen LogP contribution in [0.1, 0.15) is 68.2 Å². The first-order valence-electron chi connectivity index (χ1n) is 11.8. The van der Waals surface area contributed by atoms with Crippen molar-refractivity contribution in [2.45, 2.75) is 102 Å². The normalized spacial score (nSPS) is 22.5.